The molecule has 0 radical (unpaired) electrons. The monoisotopic (exact) mass is 1130 g/mol. The van der Waals surface area contributed by atoms with Gasteiger partial charge in [-0.15, -0.1) is 0 Å². The average Bonchev–Trinajstić information content (AvgIpc) is 3.51. The number of esters is 1. The minimum Gasteiger partial charge on any atom is -0.502 e. The van der Waals surface area contributed by atoms with Crippen molar-refractivity contribution in [3.63, 3.8) is 0 Å². The van der Waals surface area contributed by atoms with Crippen LogP contribution in [0.15, 0.2) is 18.2 Å². The number of nitro groups is 1. The van der Waals surface area contributed by atoms with E-state index < -0.39 is 201 Å². The number of nitrogens with one attached hydrogen (secondary N) is 2. The molecule has 0 aromatic heterocycles. The number of aromatic hydroxyl groups is 1. The molecule has 444 valence electrons. The third kappa shape index (κ3) is 15.5. The van der Waals surface area contributed by atoms with E-state index >= 15 is 0 Å². The van der Waals surface area contributed by atoms with Crippen molar-refractivity contribution >= 4 is 29.4 Å². The van der Waals surface area contributed by atoms with Crippen molar-refractivity contribution < 1.29 is 138 Å². The molecule has 2 amide bonds. The SMILES string of the molecule is COC(=O)CCCCCCCCO[C@@H]1OC(CO)[C@H](OC2OC(CO)[C@@H](O)C(O[C@]3(C(=O)O)CC(O)[C@@H](NC(C)=O)C(C(O)C(O)CO)O3)C2O)C(O[C@@H]2OC(CO)[C@H](O)C(O)C2O)C1NC(=O)c1ccc([N+](=O)[O-])c(O)c1. The first-order chi connectivity index (χ1) is 37.0. The van der Waals surface area contributed by atoms with E-state index in [1.54, 1.807) is 0 Å². The Bertz CT molecular complexity index is 2130. The van der Waals surface area contributed by atoms with Crippen LogP contribution in [0.4, 0.5) is 5.69 Å². The van der Waals surface area contributed by atoms with E-state index in [0.29, 0.717) is 32.1 Å². The highest BCUT2D eigenvalue weighted by Crippen LogP contribution is 2.40. The maximum Gasteiger partial charge on any atom is 0.364 e. The van der Waals surface area contributed by atoms with Crippen LogP contribution in [0, 0.1) is 10.1 Å². The number of carbonyl (C=O) groups excluding carboxylic acids is 3. The molecule has 4 heterocycles. The number of unbranched alkanes of at least 4 members (excludes halogenated alkanes) is 5. The summed E-state index contributed by atoms with van der Waals surface area (Å²) >= 11 is 0. The number of carboxylic acids is 1. The molecule has 4 fully saturated rings. The molecule has 1 aromatic carbocycles. The van der Waals surface area contributed by atoms with Gasteiger partial charge in [0, 0.05) is 38.0 Å². The number of hydrogen-bond donors (Lipinski definition) is 16. The number of aliphatic hydroxyl groups is 12. The van der Waals surface area contributed by atoms with Gasteiger partial charge >= 0.3 is 17.6 Å². The highest BCUT2D eigenvalue weighted by atomic mass is 16.8. The highest BCUT2D eigenvalue weighted by Gasteiger charge is 2.61. The van der Waals surface area contributed by atoms with Gasteiger partial charge in [-0.1, -0.05) is 25.7 Å². The second-order valence-corrected chi connectivity index (χ2v) is 19.1. The summed E-state index contributed by atoms with van der Waals surface area (Å²) in [6.07, 6.45) is -34.4. The zero-order chi connectivity index (χ0) is 57.8. The Hall–Kier alpha value is -4.50. The van der Waals surface area contributed by atoms with Gasteiger partial charge in [-0.3, -0.25) is 24.5 Å². The van der Waals surface area contributed by atoms with Gasteiger partial charge in [0.2, 0.25) is 5.91 Å². The smallest absolute Gasteiger partial charge is 0.364 e. The maximum absolute atomic E-state index is 14.2. The highest BCUT2D eigenvalue weighted by molar-refractivity contribution is 5.95. The third-order valence-corrected chi connectivity index (χ3v) is 13.6. The van der Waals surface area contributed by atoms with Crippen LogP contribution >= 0.6 is 0 Å². The van der Waals surface area contributed by atoms with E-state index in [1.165, 1.54) is 7.11 Å². The predicted molar refractivity (Wildman–Crippen MR) is 251 cm³/mol. The lowest BCUT2D eigenvalue weighted by Crippen LogP contribution is -2.71. The lowest BCUT2D eigenvalue weighted by Gasteiger charge is -2.51. The molecule has 21 atom stereocenters. The number of rotatable bonds is 27. The van der Waals surface area contributed by atoms with Gasteiger partial charge in [0.15, 0.2) is 24.6 Å². The van der Waals surface area contributed by atoms with Crippen LogP contribution in [0.5, 0.6) is 5.75 Å². The van der Waals surface area contributed by atoms with Gasteiger partial charge in [0.25, 0.3) is 11.7 Å². The normalized spacial score (nSPS) is 36.0. The van der Waals surface area contributed by atoms with Gasteiger partial charge in [0.05, 0.1) is 50.6 Å². The maximum atomic E-state index is 14.2. The Morgan fingerprint density at radius 3 is 1.92 bits per heavy atom. The standard InChI is InChI=1S/C46H71N3O29/c1-19(54)47-29-23(56)14-46(45(66)67,77-38(29)31(59)24(57)15-50)78-40-33(61)26(17-52)73-44(36(40)64)75-37-27(18-53)74-42(71-12-8-6-4-3-5-7-9-28(58)70-2)30(48-41(65)20-10-11-21(49(68)69)22(55)13-20)39(37)76-43-35(63)34(62)32(60)25(16-51)72-43/h10-11,13,23-27,29-40,42-44,50-53,55-57,59-64H,3-9,12,14-18H2,1-2H3,(H,47,54)(H,48,65)(H,66,67)/t23?,24?,25?,26?,27?,29-,30?,31?,32+,33-,34?,35?,36?,37+,38?,39?,40?,42-,43+,44?,46+/m1/s1. The summed E-state index contributed by atoms with van der Waals surface area (Å²) < 4.78 is 52.3. The molecular formula is C46H71N3O29. The number of phenols is 1. The predicted octanol–water partition coefficient (Wildman–Crippen LogP) is -6.42. The number of aliphatic hydroxyl groups excluding tert-OH is 12. The number of aliphatic carboxylic acids is 1. The Morgan fingerprint density at radius 1 is 0.756 bits per heavy atom. The quantitative estimate of drug-likeness (QED) is 0.0169. The van der Waals surface area contributed by atoms with Crippen LogP contribution in [-0.4, -0.2) is 269 Å². The van der Waals surface area contributed by atoms with Crippen molar-refractivity contribution in [1.82, 2.24) is 10.6 Å². The minimum atomic E-state index is -3.23. The van der Waals surface area contributed by atoms with Crippen LogP contribution in [0.2, 0.25) is 0 Å². The topological polar surface area (TPSA) is 502 Å². The summed E-state index contributed by atoms with van der Waals surface area (Å²) in [7, 11) is 1.28. The van der Waals surface area contributed by atoms with Gasteiger partial charge < -0.3 is 125 Å². The number of phenolic OH excluding ortho intramolecular Hbond substituents is 1. The summed E-state index contributed by atoms with van der Waals surface area (Å²) in [5.74, 6) is -8.56. The van der Waals surface area contributed by atoms with Gasteiger partial charge in [-0.2, -0.15) is 0 Å². The van der Waals surface area contributed by atoms with Gasteiger partial charge in [-0.05, 0) is 25.0 Å². The molecular weight excluding hydrogens is 1060 g/mol. The average molecular weight is 1130 g/mol. The lowest BCUT2D eigenvalue weighted by atomic mass is 9.88. The Labute approximate surface area is 444 Å². The number of nitro benzene ring substituents is 1. The number of carboxylic acid groups (broad SMARTS) is 1. The molecule has 4 aliphatic rings. The number of carbonyl (C=O) groups is 4. The molecule has 4 saturated heterocycles. The molecule has 1 aromatic rings. The number of nitrogens with zero attached hydrogens (tertiary/aromatic N) is 1. The zero-order valence-corrected chi connectivity index (χ0v) is 42.3. The Balaban J connectivity index is 1.55. The van der Waals surface area contributed by atoms with Crippen LogP contribution in [0.1, 0.15) is 68.6 Å². The largest absolute Gasteiger partial charge is 0.502 e. The van der Waals surface area contributed by atoms with Crippen molar-refractivity contribution in [2.24, 2.45) is 0 Å². The van der Waals surface area contributed by atoms with Crippen molar-refractivity contribution in [1.29, 1.82) is 0 Å². The van der Waals surface area contributed by atoms with Crippen molar-refractivity contribution in [2.75, 3.05) is 40.1 Å². The number of hydrogen-bond acceptors (Lipinski definition) is 28. The lowest BCUT2D eigenvalue weighted by molar-refractivity contribution is -0.391. The first-order valence-corrected chi connectivity index (χ1v) is 25.0. The molecule has 0 saturated carbocycles. The fraction of sp³-hybridized carbons (Fsp3) is 0.783. The van der Waals surface area contributed by atoms with Crippen LogP contribution < -0.4 is 10.6 Å². The fourth-order valence-corrected chi connectivity index (χ4v) is 9.37. The van der Waals surface area contributed by atoms with Crippen molar-refractivity contribution in [3.05, 3.63) is 33.9 Å². The summed E-state index contributed by atoms with van der Waals surface area (Å²) in [6, 6.07) is -0.978. The van der Waals surface area contributed by atoms with Gasteiger partial charge in [-0.25, -0.2) is 4.79 Å². The molecule has 0 spiro atoms. The molecule has 32 heteroatoms. The summed E-state index contributed by atoms with van der Waals surface area (Å²) in [5.41, 5.74) is -1.21. The number of ether oxygens (including phenoxy) is 9. The molecule has 14 unspecified atom stereocenters. The first kappa shape index (κ1) is 64.3. The molecule has 32 nitrogen and oxygen atoms in total. The van der Waals surface area contributed by atoms with E-state index in [1.807, 2.05) is 0 Å². The second kappa shape index (κ2) is 29.3. The number of methoxy groups -OCH3 is 1. The van der Waals surface area contributed by atoms with Crippen LogP contribution in [0.25, 0.3) is 0 Å². The Morgan fingerprint density at radius 2 is 1.35 bits per heavy atom. The van der Waals surface area contributed by atoms with E-state index in [4.69, 9.17) is 37.9 Å². The summed E-state index contributed by atoms with van der Waals surface area (Å²) in [5, 5.41) is 167. The van der Waals surface area contributed by atoms with E-state index in [9.17, 15) is 101 Å². The van der Waals surface area contributed by atoms with Crippen LogP contribution in [-0.2, 0) is 57.0 Å². The molecule has 4 aliphatic heterocycles. The Kier molecular flexibility index (Phi) is 24.1. The first-order valence-electron chi connectivity index (χ1n) is 25.0. The fourth-order valence-electron chi connectivity index (χ4n) is 9.37. The van der Waals surface area contributed by atoms with E-state index in [0.717, 1.165) is 31.5 Å². The molecule has 16 N–H and O–H groups in total. The number of benzene rings is 1. The molecule has 5 rings (SSSR count). The number of amides is 2. The molecule has 0 aliphatic carbocycles. The van der Waals surface area contributed by atoms with E-state index in [2.05, 4.69) is 15.4 Å². The van der Waals surface area contributed by atoms with Gasteiger partial charge in [0.1, 0.15) is 91.5 Å². The zero-order valence-electron chi connectivity index (χ0n) is 42.3. The van der Waals surface area contributed by atoms with Crippen molar-refractivity contribution in [3.8, 4) is 5.75 Å². The van der Waals surface area contributed by atoms with Crippen molar-refractivity contribution in [2.45, 2.75) is 187 Å². The summed E-state index contributed by atoms with van der Waals surface area (Å²) in [4.78, 5) is 61.5. The second-order valence-electron chi connectivity index (χ2n) is 19.1. The third-order valence-electron chi connectivity index (χ3n) is 13.6. The van der Waals surface area contributed by atoms with E-state index in [-0.39, 0.29) is 19.0 Å². The molecule has 78 heavy (non-hydrogen) atoms. The van der Waals surface area contributed by atoms with Crippen LogP contribution in [0.3, 0.4) is 0 Å². The minimum absolute atomic E-state index is 0.141. The summed E-state index contributed by atoms with van der Waals surface area (Å²) in [6.45, 7) is -3.47. The molecule has 0 bridgehead atoms.